The van der Waals surface area contributed by atoms with E-state index in [0.717, 1.165) is 21.8 Å². The molecule has 190 valence electrons. The first-order valence-electron chi connectivity index (χ1n) is 10.8. The second-order valence-corrected chi connectivity index (χ2v) is 10.5. The van der Waals surface area contributed by atoms with E-state index in [2.05, 4.69) is 21.2 Å². The van der Waals surface area contributed by atoms with E-state index in [1.165, 1.54) is 12.0 Å². The van der Waals surface area contributed by atoms with E-state index in [1.54, 1.807) is 66.7 Å². The number of anilines is 1. The summed E-state index contributed by atoms with van der Waals surface area (Å²) in [6, 6.07) is 17.1. The number of thioether (sulfide) groups is 1. The number of nitrogens with one attached hydrogen (secondary N) is 1. The van der Waals surface area contributed by atoms with Gasteiger partial charge in [0.05, 0.1) is 23.6 Å². The van der Waals surface area contributed by atoms with Crippen LogP contribution in [0.25, 0.3) is 6.08 Å². The third kappa shape index (κ3) is 6.87. The fraction of sp³-hybridized carbons (Fsp3) is 0.115. The summed E-state index contributed by atoms with van der Waals surface area (Å²) >= 11 is 16.2. The Labute approximate surface area is 235 Å². The van der Waals surface area contributed by atoms with E-state index in [4.69, 9.17) is 32.7 Å². The minimum absolute atomic E-state index is 0.132. The number of benzene rings is 3. The molecule has 1 saturated heterocycles. The number of hydrogen-bond acceptors (Lipinski definition) is 6. The number of rotatable bonds is 8. The highest BCUT2D eigenvalue weighted by atomic mass is 79.9. The van der Waals surface area contributed by atoms with Gasteiger partial charge in [0.25, 0.3) is 17.1 Å². The molecule has 3 aromatic carbocycles. The van der Waals surface area contributed by atoms with Crippen molar-refractivity contribution in [2.45, 2.75) is 6.54 Å². The van der Waals surface area contributed by atoms with Gasteiger partial charge in [-0.3, -0.25) is 19.3 Å². The largest absolute Gasteiger partial charge is 0.493 e. The van der Waals surface area contributed by atoms with Crippen LogP contribution in [0.2, 0.25) is 10.0 Å². The molecule has 1 aliphatic heterocycles. The third-order valence-electron chi connectivity index (χ3n) is 5.15. The summed E-state index contributed by atoms with van der Waals surface area (Å²) in [5.41, 5.74) is 1.92. The molecule has 0 saturated carbocycles. The van der Waals surface area contributed by atoms with Gasteiger partial charge in [-0.05, 0) is 87.4 Å². The quantitative estimate of drug-likeness (QED) is 0.272. The van der Waals surface area contributed by atoms with Crippen molar-refractivity contribution in [2.24, 2.45) is 0 Å². The van der Waals surface area contributed by atoms with Gasteiger partial charge in [-0.1, -0.05) is 41.4 Å². The molecule has 1 fully saturated rings. The summed E-state index contributed by atoms with van der Waals surface area (Å²) in [7, 11) is 1.47. The van der Waals surface area contributed by atoms with Crippen LogP contribution < -0.4 is 14.8 Å². The summed E-state index contributed by atoms with van der Waals surface area (Å²) in [4.78, 5) is 39.1. The molecule has 3 aromatic rings. The first-order valence-corrected chi connectivity index (χ1v) is 13.2. The van der Waals surface area contributed by atoms with Crippen LogP contribution in [0.15, 0.2) is 70.0 Å². The Hall–Kier alpha value is -2.98. The molecule has 0 aliphatic carbocycles. The molecule has 11 heteroatoms. The van der Waals surface area contributed by atoms with Gasteiger partial charge in [-0.2, -0.15) is 0 Å². The Morgan fingerprint density at radius 1 is 1.08 bits per heavy atom. The highest BCUT2D eigenvalue weighted by Crippen LogP contribution is 2.35. The van der Waals surface area contributed by atoms with Gasteiger partial charge in [-0.25, -0.2) is 0 Å². The first kappa shape index (κ1) is 27.1. The maximum atomic E-state index is 12.9. The van der Waals surface area contributed by atoms with E-state index < -0.39 is 0 Å². The second kappa shape index (κ2) is 12.0. The molecule has 7 nitrogen and oxygen atoms in total. The van der Waals surface area contributed by atoms with Crippen molar-refractivity contribution < 1.29 is 23.9 Å². The predicted molar refractivity (Wildman–Crippen MR) is 149 cm³/mol. The van der Waals surface area contributed by atoms with Crippen molar-refractivity contribution in [1.29, 1.82) is 0 Å². The van der Waals surface area contributed by atoms with Gasteiger partial charge in [0, 0.05) is 15.2 Å². The van der Waals surface area contributed by atoms with Crippen LogP contribution in [0.4, 0.5) is 10.5 Å². The fourth-order valence-electron chi connectivity index (χ4n) is 3.41. The maximum Gasteiger partial charge on any atom is 0.293 e. The molecule has 0 spiro atoms. The molecular weight excluding hydrogens is 603 g/mol. The van der Waals surface area contributed by atoms with Crippen LogP contribution in [-0.4, -0.2) is 35.7 Å². The van der Waals surface area contributed by atoms with E-state index in [1.807, 2.05) is 0 Å². The van der Waals surface area contributed by atoms with Crippen LogP contribution >= 0.6 is 50.9 Å². The van der Waals surface area contributed by atoms with Gasteiger partial charge in [0.15, 0.2) is 18.1 Å². The van der Waals surface area contributed by atoms with Gasteiger partial charge in [-0.15, -0.1) is 0 Å². The zero-order chi connectivity index (χ0) is 26.5. The molecule has 0 unspecified atom stereocenters. The topological polar surface area (TPSA) is 84.9 Å². The standard InChI is InChI=1S/C26H19BrCl2N2O5S/c1-35-22-10-15(5-8-21(22)36-14-24(32)30-18-6-7-19(27)20(29)12-18)11-23-25(33)31(26(34)37-23)13-16-3-2-4-17(28)9-16/h2-12H,13-14H2,1H3,(H,30,32)/b23-11-. The highest BCUT2D eigenvalue weighted by molar-refractivity contribution is 9.10. The van der Waals surface area contributed by atoms with Crippen LogP contribution in [0, 0.1) is 0 Å². The number of methoxy groups -OCH3 is 1. The lowest BCUT2D eigenvalue weighted by Gasteiger charge is -2.13. The van der Waals surface area contributed by atoms with Crippen molar-refractivity contribution in [3.63, 3.8) is 0 Å². The number of hydrogen-bond donors (Lipinski definition) is 1. The molecular formula is C26H19BrCl2N2O5S. The fourth-order valence-corrected chi connectivity index (χ4v) is 4.89. The monoisotopic (exact) mass is 620 g/mol. The number of halogens is 3. The lowest BCUT2D eigenvalue weighted by Crippen LogP contribution is -2.27. The Morgan fingerprint density at radius 2 is 1.89 bits per heavy atom. The van der Waals surface area contributed by atoms with Gasteiger partial charge in [0.2, 0.25) is 0 Å². The van der Waals surface area contributed by atoms with Gasteiger partial charge >= 0.3 is 0 Å². The summed E-state index contributed by atoms with van der Waals surface area (Å²) in [5.74, 6) is -0.0547. The van der Waals surface area contributed by atoms with Gasteiger partial charge < -0.3 is 14.8 Å². The van der Waals surface area contributed by atoms with Crippen molar-refractivity contribution in [1.82, 2.24) is 4.90 Å². The highest BCUT2D eigenvalue weighted by Gasteiger charge is 2.35. The number of ether oxygens (including phenoxy) is 2. The summed E-state index contributed by atoms with van der Waals surface area (Å²) in [5, 5.41) is 3.35. The number of amides is 3. The van der Waals surface area contributed by atoms with E-state index in [0.29, 0.717) is 32.8 Å². The molecule has 0 radical (unpaired) electrons. The van der Waals surface area contributed by atoms with Crippen LogP contribution in [0.1, 0.15) is 11.1 Å². The van der Waals surface area contributed by atoms with E-state index in [9.17, 15) is 14.4 Å². The first-order chi connectivity index (χ1) is 17.7. The Morgan fingerprint density at radius 3 is 2.62 bits per heavy atom. The predicted octanol–water partition coefficient (Wildman–Crippen LogP) is 7.02. The minimum Gasteiger partial charge on any atom is -0.493 e. The Balaban J connectivity index is 1.41. The van der Waals surface area contributed by atoms with Gasteiger partial charge in [0.1, 0.15) is 0 Å². The lowest BCUT2D eigenvalue weighted by molar-refractivity contribution is -0.123. The third-order valence-corrected chi connectivity index (χ3v) is 7.53. The normalized spacial score (nSPS) is 14.3. The van der Waals surface area contributed by atoms with Crippen molar-refractivity contribution in [2.75, 3.05) is 19.0 Å². The Bertz CT molecular complexity index is 1420. The molecule has 4 rings (SSSR count). The summed E-state index contributed by atoms with van der Waals surface area (Å²) < 4.78 is 11.7. The maximum absolute atomic E-state index is 12.9. The number of carbonyl (C=O) groups excluding carboxylic acids is 3. The van der Waals surface area contributed by atoms with E-state index >= 15 is 0 Å². The molecule has 1 aliphatic rings. The van der Waals surface area contributed by atoms with Crippen LogP contribution in [-0.2, 0) is 16.1 Å². The molecule has 37 heavy (non-hydrogen) atoms. The summed E-state index contributed by atoms with van der Waals surface area (Å²) in [6.07, 6.45) is 1.61. The zero-order valence-electron chi connectivity index (χ0n) is 19.3. The van der Waals surface area contributed by atoms with Crippen molar-refractivity contribution >= 4 is 79.7 Å². The van der Waals surface area contributed by atoms with Crippen LogP contribution in [0.5, 0.6) is 11.5 Å². The molecule has 0 bridgehead atoms. The second-order valence-electron chi connectivity index (χ2n) is 7.77. The average Bonchev–Trinajstić information content (AvgIpc) is 3.12. The summed E-state index contributed by atoms with van der Waals surface area (Å²) in [6.45, 7) is -0.126. The van der Waals surface area contributed by atoms with E-state index in [-0.39, 0.29) is 35.1 Å². The van der Waals surface area contributed by atoms with Crippen molar-refractivity contribution in [3.8, 4) is 11.5 Å². The minimum atomic E-state index is -0.390. The number of nitrogens with zero attached hydrogens (tertiary/aromatic N) is 1. The average molecular weight is 622 g/mol. The Kier molecular flexibility index (Phi) is 8.81. The molecule has 1 N–H and O–H groups in total. The number of carbonyl (C=O) groups is 3. The SMILES string of the molecule is COc1cc(/C=C2\SC(=O)N(Cc3cccc(Cl)c3)C2=O)ccc1OCC(=O)Nc1ccc(Br)c(Cl)c1. The molecule has 0 atom stereocenters. The lowest BCUT2D eigenvalue weighted by atomic mass is 10.1. The zero-order valence-corrected chi connectivity index (χ0v) is 23.2. The molecule has 3 amide bonds. The van der Waals surface area contributed by atoms with Crippen molar-refractivity contribution in [3.05, 3.63) is 91.2 Å². The molecule has 1 heterocycles. The molecule has 0 aromatic heterocycles. The van der Waals surface area contributed by atoms with Crippen LogP contribution in [0.3, 0.4) is 0 Å². The number of imide groups is 1. The smallest absolute Gasteiger partial charge is 0.293 e.